The fourth-order valence-corrected chi connectivity index (χ4v) is 4.37. The Morgan fingerprint density at radius 1 is 1.00 bits per heavy atom. The van der Waals surface area contributed by atoms with Crippen LogP contribution in [0.15, 0.2) is 57.5 Å². The van der Waals surface area contributed by atoms with Crippen LogP contribution in [-0.2, 0) is 21.9 Å². The van der Waals surface area contributed by atoms with Gasteiger partial charge in [-0.2, -0.15) is 0 Å². The van der Waals surface area contributed by atoms with Crippen molar-refractivity contribution in [2.75, 3.05) is 12.3 Å². The smallest absolute Gasteiger partial charge is 0.242 e. The molecule has 0 unspecified atom stereocenters. The first kappa shape index (κ1) is 25.0. The second-order valence-corrected chi connectivity index (χ2v) is 10.4. The van der Waals surface area contributed by atoms with Gasteiger partial charge in [-0.05, 0) is 48.2 Å². The molecule has 7 heteroatoms. The number of carbonyl (C=O) groups is 2. The first-order valence-electron chi connectivity index (χ1n) is 9.90. The molecule has 0 radical (unpaired) electrons. The number of amides is 2. The molecule has 0 aromatic heterocycles. The van der Waals surface area contributed by atoms with E-state index in [1.165, 1.54) is 0 Å². The van der Waals surface area contributed by atoms with Crippen LogP contribution in [0.3, 0.4) is 0 Å². The topological polar surface area (TPSA) is 49.4 Å². The monoisotopic (exact) mass is 554 g/mol. The number of thioether (sulfide) groups is 1. The molecule has 1 atom stereocenters. The number of hydrogen-bond donors (Lipinski definition) is 1. The van der Waals surface area contributed by atoms with Crippen LogP contribution >= 0.6 is 43.6 Å². The summed E-state index contributed by atoms with van der Waals surface area (Å²) >= 11 is 8.48. The molecule has 1 N–H and O–H groups in total. The van der Waals surface area contributed by atoms with Crippen molar-refractivity contribution in [3.05, 3.63) is 68.6 Å². The summed E-state index contributed by atoms with van der Waals surface area (Å²) < 4.78 is 1.99. The minimum Gasteiger partial charge on any atom is -0.354 e. The Kier molecular flexibility index (Phi) is 10.4. The molecule has 0 aliphatic carbocycles. The normalized spacial score (nSPS) is 11.9. The molecular weight excluding hydrogens is 528 g/mol. The van der Waals surface area contributed by atoms with Crippen LogP contribution < -0.4 is 5.32 Å². The molecule has 0 heterocycles. The number of halogens is 2. The standard InChI is InChI=1S/C23H28Br2N2O2S/c1-16(2)12-26-23(29)17(3)27(13-19-5-4-6-21(25)11-19)22(28)15-30-14-18-7-9-20(24)10-8-18/h4-11,16-17H,12-15H2,1-3H3,(H,26,29)/t17-/m0/s1. The predicted octanol–water partition coefficient (Wildman–Crippen LogP) is 5.63. The summed E-state index contributed by atoms with van der Waals surface area (Å²) in [5.74, 6) is 1.27. The molecule has 4 nitrogen and oxygen atoms in total. The average molecular weight is 556 g/mol. The molecule has 0 saturated heterocycles. The molecule has 0 aliphatic heterocycles. The zero-order chi connectivity index (χ0) is 22.1. The van der Waals surface area contributed by atoms with E-state index in [2.05, 4.69) is 37.2 Å². The number of nitrogens with zero attached hydrogens (tertiary/aromatic N) is 1. The molecule has 2 amide bonds. The third-order valence-corrected chi connectivity index (χ3v) is 6.51. The average Bonchev–Trinajstić information content (AvgIpc) is 2.71. The minimum absolute atomic E-state index is 0.0377. The van der Waals surface area contributed by atoms with Crippen molar-refractivity contribution in [1.82, 2.24) is 10.2 Å². The lowest BCUT2D eigenvalue weighted by Crippen LogP contribution is -2.48. The van der Waals surface area contributed by atoms with Gasteiger partial charge in [0.2, 0.25) is 11.8 Å². The summed E-state index contributed by atoms with van der Waals surface area (Å²) in [5, 5.41) is 2.95. The molecule has 0 spiro atoms. The zero-order valence-corrected chi connectivity index (χ0v) is 21.5. The highest BCUT2D eigenvalue weighted by Gasteiger charge is 2.26. The summed E-state index contributed by atoms with van der Waals surface area (Å²) in [6.07, 6.45) is 0. The number of rotatable bonds is 10. The SMILES string of the molecule is CC(C)CNC(=O)[C@H](C)N(Cc1cccc(Br)c1)C(=O)CSCc1ccc(Br)cc1. The first-order chi connectivity index (χ1) is 14.3. The van der Waals surface area contributed by atoms with Gasteiger partial charge in [-0.3, -0.25) is 9.59 Å². The van der Waals surface area contributed by atoms with Gasteiger partial charge in [0.05, 0.1) is 5.75 Å². The quantitative estimate of drug-likeness (QED) is 0.413. The molecule has 0 saturated carbocycles. The van der Waals surface area contributed by atoms with Crippen molar-refractivity contribution >= 4 is 55.4 Å². The van der Waals surface area contributed by atoms with Crippen molar-refractivity contribution in [3.63, 3.8) is 0 Å². The van der Waals surface area contributed by atoms with Gasteiger partial charge in [0.15, 0.2) is 0 Å². The minimum atomic E-state index is -0.538. The molecule has 0 bridgehead atoms. The summed E-state index contributed by atoms with van der Waals surface area (Å²) in [7, 11) is 0. The molecule has 162 valence electrons. The first-order valence-corrected chi connectivity index (χ1v) is 12.6. The maximum atomic E-state index is 13.1. The fourth-order valence-electron chi connectivity index (χ4n) is 2.79. The lowest BCUT2D eigenvalue weighted by atomic mass is 10.1. The molecule has 0 fully saturated rings. The zero-order valence-electron chi connectivity index (χ0n) is 17.5. The summed E-state index contributed by atoms with van der Waals surface area (Å²) in [6, 6.07) is 15.4. The van der Waals surface area contributed by atoms with Crippen LogP contribution in [0.4, 0.5) is 0 Å². The van der Waals surface area contributed by atoms with Crippen molar-refractivity contribution < 1.29 is 9.59 Å². The maximum Gasteiger partial charge on any atom is 0.242 e. The second-order valence-electron chi connectivity index (χ2n) is 7.59. The summed E-state index contributed by atoms with van der Waals surface area (Å²) in [6.45, 7) is 6.89. The Bertz CT molecular complexity index is 843. The Morgan fingerprint density at radius 3 is 2.33 bits per heavy atom. The van der Waals surface area contributed by atoms with Gasteiger partial charge < -0.3 is 10.2 Å². The van der Waals surface area contributed by atoms with Gasteiger partial charge in [0, 0.05) is 27.8 Å². The predicted molar refractivity (Wildman–Crippen MR) is 132 cm³/mol. The van der Waals surface area contributed by atoms with Crippen LogP contribution in [0.5, 0.6) is 0 Å². The Labute approximate surface area is 200 Å². The molecule has 2 aromatic rings. The Hall–Kier alpha value is -1.31. The van der Waals surface area contributed by atoms with E-state index in [4.69, 9.17) is 0 Å². The third kappa shape index (κ3) is 8.44. The lowest BCUT2D eigenvalue weighted by Gasteiger charge is -2.29. The van der Waals surface area contributed by atoms with Gasteiger partial charge >= 0.3 is 0 Å². The van der Waals surface area contributed by atoms with Crippen LogP contribution in [0.25, 0.3) is 0 Å². The van der Waals surface area contributed by atoms with Gasteiger partial charge in [-0.15, -0.1) is 11.8 Å². The van der Waals surface area contributed by atoms with Crippen molar-refractivity contribution in [2.24, 2.45) is 5.92 Å². The van der Waals surface area contributed by atoms with Crippen LogP contribution in [0.1, 0.15) is 31.9 Å². The highest BCUT2D eigenvalue weighted by molar-refractivity contribution is 9.10. The van der Waals surface area contributed by atoms with Crippen LogP contribution in [0, 0.1) is 5.92 Å². The highest BCUT2D eigenvalue weighted by atomic mass is 79.9. The Morgan fingerprint density at radius 2 is 1.70 bits per heavy atom. The van der Waals surface area contributed by atoms with Crippen molar-refractivity contribution in [1.29, 1.82) is 0 Å². The van der Waals surface area contributed by atoms with E-state index >= 15 is 0 Å². The van der Waals surface area contributed by atoms with Crippen molar-refractivity contribution in [2.45, 2.75) is 39.1 Å². The maximum absolute atomic E-state index is 13.1. The van der Waals surface area contributed by atoms with E-state index in [9.17, 15) is 9.59 Å². The van der Waals surface area contributed by atoms with E-state index in [0.29, 0.717) is 24.8 Å². The number of hydrogen-bond acceptors (Lipinski definition) is 3. The van der Waals surface area contributed by atoms with Gasteiger partial charge in [0.1, 0.15) is 6.04 Å². The van der Waals surface area contributed by atoms with E-state index in [1.807, 2.05) is 62.4 Å². The largest absolute Gasteiger partial charge is 0.354 e. The summed E-state index contributed by atoms with van der Waals surface area (Å²) in [4.78, 5) is 27.4. The molecule has 2 aromatic carbocycles. The molecular formula is C23H28Br2N2O2S. The van der Waals surface area contributed by atoms with Gasteiger partial charge in [-0.25, -0.2) is 0 Å². The second kappa shape index (κ2) is 12.5. The van der Waals surface area contributed by atoms with Crippen LogP contribution in [-0.4, -0.2) is 35.1 Å². The third-order valence-electron chi connectivity index (χ3n) is 4.50. The molecule has 0 aliphatic rings. The summed E-state index contributed by atoms with van der Waals surface area (Å²) in [5.41, 5.74) is 2.15. The number of nitrogens with one attached hydrogen (secondary N) is 1. The van der Waals surface area contributed by atoms with Gasteiger partial charge in [-0.1, -0.05) is 70.0 Å². The van der Waals surface area contributed by atoms with E-state index in [-0.39, 0.29) is 11.8 Å². The lowest BCUT2D eigenvalue weighted by molar-refractivity contribution is -0.138. The highest BCUT2D eigenvalue weighted by Crippen LogP contribution is 2.19. The fraction of sp³-hybridized carbons (Fsp3) is 0.391. The molecule has 30 heavy (non-hydrogen) atoms. The van der Waals surface area contributed by atoms with E-state index in [0.717, 1.165) is 25.8 Å². The number of benzene rings is 2. The molecule has 2 rings (SSSR count). The van der Waals surface area contributed by atoms with E-state index < -0.39 is 6.04 Å². The number of carbonyl (C=O) groups excluding carboxylic acids is 2. The van der Waals surface area contributed by atoms with Crippen molar-refractivity contribution in [3.8, 4) is 0 Å². The van der Waals surface area contributed by atoms with Gasteiger partial charge in [0.25, 0.3) is 0 Å². The van der Waals surface area contributed by atoms with Crippen LogP contribution in [0.2, 0.25) is 0 Å². The van der Waals surface area contributed by atoms with E-state index in [1.54, 1.807) is 23.6 Å². The Balaban J connectivity index is 2.05.